The van der Waals surface area contributed by atoms with E-state index in [2.05, 4.69) is 32.4 Å². The van der Waals surface area contributed by atoms with Gasteiger partial charge in [-0.3, -0.25) is 4.79 Å². The first-order valence-corrected chi connectivity index (χ1v) is 10.2. The number of anilines is 1. The number of carbonyl (C=O) groups excluding carboxylic acids is 1. The van der Waals surface area contributed by atoms with Crippen LogP contribution in [0.1, 0.15) is 28.5 Å². The highest BCUT2D eigenvalue weighted by Gasteiger charge is 2.16. The highest BCUT2D eigenvalue weighted by molar-refractivity contribution is 5.92. The quantitative estimate of drug-likeness (QED) is 0.464. The zero-order chi connectivity index (χ0) is 20.8. The van der Waals surface area contributed by atoms with Crippen LogP contribution in [0.2, 0.25) is 0 Å². The van der Waals surface area contributed by atoms with Gasteiger partial charge in [-0.1, -0.05) is 48.5 Å². The number of hydrogen-bond acceptors (Lipinski definition) is 4. The van der Waals surface area contributed by atoms with Gasteiger partial charge in [0.15, 0.2) is 0 Å². The fraction of sp³-hybridized carbons (Fsp3) is 0.208. The molecule has 152 valence electrons. The van der Waals surface area contributed by atoms with Crippen molar-refractivity contribution in [3.63, 3.8) is 0 Å². The number of amides is 1. The van der Waals surface area contributed by atoms with Crippen LogP contribution in [0.15, 0.2) is 73.2 Å². The molecule has 0 spiro atoms. The Morgan fingerprint density at radius 3 is 2.60 bits per heavy atom. The van der Waals surface area contributed by atoms with Crippen LogP contribution in [-0.2, 0) is 13.0 Å². The first-order valence-electron chi connectivity index (χ1n) is 10.2. The van der Waals surface area contributed by atoms with Crippen LogP contribution >= 0.6 is 0 Å². The van der Waals surface area contributed by atoms with E-state index < -0.39 is 0 Å². The standard InChI is InChI=1S/C24H25N5O/c1-2-29(17-18-8-4-3-5-9-18)24(30)22-15-28-23(16-27-22)25-13-12-19-14-26-21-11-7-6-10-20(19)21/h3-11,14-16,26H,2,12-13,17H2,1H3,(H,25,28). The number of rotatable bonds is 8. The van der Waals surface area contributed by atoms with E-state index in [1.807, 2.05) is 55.6 Å². The molecule has 0 unspecified atom stereocenters. The Hall–Kier alpha value is -3.67. The zero-order valence-corrected chi connectivity index (χ0v) is 17.0. The SMILES string of the molecule is CCN(Cc1ccccc1)C(=O)c1cnc(NCCc2c[nH]c3ccccc23)cn1. The Morgan fingerprint density at radius 1 is 1.03 bits per heavy atom. The molecule has 2 heterocycles. The van der Waals surface area contributed by atoms with E-state index in [0.717, 1.165) is 24.0 Å². The number of fused-ring (bicyclic) bond motifs is 1. The van der Waals surface area contributed by atoms with Crippen molar-refractivity contribution < 1.29 is 4.79 Å². The van der Waals surface area contributed by atoms with Gasteiger partial charge in [0.2, 0.25) is 0 Å². The summed E-state index contributed by atoms with van der Waals surface area (Å²) in [4.78, 5) is 26.6. The van der Waals surface area contributed by atoms with Crippen LogP contribution < -0.4 is 5.32 Å². The lowest BCUT2D eigenvalue weighted by Crippen LogP contribution is -2.31. The Labute approximate surface area is 176 Å². The third-order valence-corrected chi connectivity index (χ3v) is 5.13. The summed E-state index contributed by atoms with van der Waals surface area (Å²) in [6.07, 6.45) is 6.09. The monoisotopic (exact) mass is 399 g/mol. The molecule has 30 heavy (non-hydrogen) atoms. The highest BCUT2D eigenvalue weighted by atomic mass is 16.2. The van der Waals surface area contributed by atoms with Crippen LogP contribution in [0.25, 0.3) is 10.9 Å². The number of aromatic amines is 1. The molecule has 0 aliphatic heterocycles. The molecule has 2 aromatic carbocycles. The van der Waals surface area contributed by atoms with E-state index in [9.17, 15) is 4.79 Å². The van der Waals surface area contributed by atoms with E-state index in [1.54, 1.807) is 17.3 Å². The summed E-state index contributed by atoms with van der Waals surface area (Å²) in [5.41, 5.74) is 3.86. The zero-order valence-electron chi connectivity index (χ0n) is 17.0. The van der Waals surface area contributed by atoms with E-state index in [4.69, 9.17) is 0 Å². The number of nitrogens with one attached hydrogen (secondary N) is 2. The number of H-pyrrole nitrogens is 1. The molecule has 0 saturated heterocycles. The minimum atomic E-state index is -0.112. The summed E-state index contributed by atoms with van der Waals surface area (Å²) >= 11 is 0. The van der Waals surface area contributed by atoms with Gasteiger partial charge in [-0.2, -0.15) is 0 Å². The molecule has 1 amide bonds. The topological polar surface area (TPSA) is 73.9 Å². The van der Waals surface area contributed by atoms with E-state index in [-0.39, 0.29) is 5.91 Å². The second-order valence-corrected chi connectivity index (χ2v) is 7.13. The average molecular weight is 399 g/mol. The molecule has 0 aliphatic carbocycles. The lowest BCUT2D eigenvalue weighted by atomic mass is 10.1. The molecule has 0 aliphatic rings. The van der Waals surface area contributed by atoms with Crippen LogP contribution in [0, 0.1) is 0 Å². The number of benzene rings is 2. The smallest absolute Gasteiger partial charge is 0.274 e. The molecule has 6 nitrogen and oxygen atoms in total. The van der Waals surface area contributed by atoms with Crippen molar-refractivity contribution >= 4 is 22.6 Å². The second kappa shape index (κ2) is 9.22. The Bertz CT molecular complexity index is 1110. The first-order chi connectivity index (χ1) is 14.7. The summed E-state index contributed by atoms with van der Waals surface area (Å²) in [5, 5.41) is 4.52. The van der Waals surface area contributed by atoms with Crippen LogP contribution in [0.4, 0.5) is 5.82 Å². The predicted molar refractivity (Wildman–Crippen MR) is 119 cm³/mol. The van der Waals surface area contributed by atoms with Crippen molar-refractivity contribution in [3.05, 3.63) is 90.0 Å². The van der Waals surface area contributed by atoms with Gasteiger partial charge in [0.25, 0.3) is 5.91 Å². The average Bonchev–Trinajstić information content (AvgIpc) is 3.21. The van der Waals surface area contributed by atoms with Gasteiger partial charge in [-0.15, -0.1) is 0 Å². The van der Waals surface area contributed by atoms with Gasteiger partial charge >= 0.3 is 0 Å². The van der Waals surface area contributed by atoms with Crippen molar-refractivity contribution in [3.8, 4) is 0 Å². The Balaban J connectivity index is 1.34. The van der Waals surface area contributed by atoms with Gasteiger partial charge in [0.05, 0.1) is 12.4 Å². The van der Waals surface area contributed by atoms with E-state index in [1.165, 1.54) is 10.9 Å². The van der Waals surface area contributed by atoms with Gasteiger partial charge < -0.3 is 15.2 Å². The van der Waals surface area contributed by atoms with Gasteiger partial charge in [-0.05, 0) is 30.5 Å². The molecule has 0 bridgehead atoms. The van der Waals surface area contributed by atoms with Crippen molar-refractivity contribution in [1.82, 2.24) is 19.9 Å². The third kappa shape index (κ3) is 4.49. The highest BCUT2D eigenvalue weighted by Crippen LogP contribution is 2.18. The summed E-state index contributed by atoms with van der Waals surface area (Å²) in [6, 6.07) is 18.2. The lowest BCUT2D eigenvalue weighted by Gasteiger charge is -2.20. The van der Waals surface area contributed by atoms with E-state index in [0.29, 0.717) is 24.6 Å². The summed E-state index contributed by atoms with van der Waals surface area (Å²) in [7, 11) is 0. The molecule has 4 rings (SSSR count). The molecule has 0 radical (unpaired) electrons. The number of nitrogens with zero attached hydrogens (tertiary/aromatic N) is 3. The Kier molecular flexibility index (Phi) is 6.03. The minimum absolute atomic E-state index is 0.112. The van der Waals surface area contributed by atoms with Crippen LogP contribution in [0.5, 0.6) is 0 Å². The van der Waals surface area contributed by atoms with Crippen LogP contribution in [0.3, 0.4) is 0 Å². The normalized spacial score (nSPS) is 10.8. The molecule has 2 aromatic heterocycles. The maximum Gasteiger partial charge on any atom is 0.274 e. The number of carbonyl (C=O) groups is 1. The minimum Gasteiger partial charge on any atom is -0.368 e. The molecule has 4 aromatic rings. The molecule has 0 atom stereocenters. The fourth-order valence-electron chi connectivity index (χ4n) is 3.49. The lowest BCUT2D eigenvalue weighted by molar-refractivity contribution is 0.0746. The molecule has 6 heteroatoms. The van der Waals surface area contributed by atoms with E-state index >= 15 is 0 Å². The van der Waals surface area contributed by atoms with Gasteiger partial charge in [0.1, 0.15) is 11.5 Å². The number of aromatic nitrogens is 3. The first kappa shape index (κ1) is 19.6. The maximum absolute atomic E-state index is 12.8. The van der Waals surface area contributed by atoms with Crippen molar-refractivity contribution in [2.24, 2.45) is 0 Å². The largest absolute Gasteiger partial charge is 0.368 e. The van der Waals surface area contributed by atoms with Gasteiger partial charge in [-0.25, -0.2) is 9.97 Å². The second-order valence-electron chi connectivity index (χ2n) is 7.13. The molecule has 0 saturated carbocycles. The fourth-order valence-corrected chi connectivity index (χ4v) is 3.49. The summed E-state index contributed by atoms with van der Waals surface area (Å²) in [6.45, 7) is 3.87. The molecule has 2 N–H and O–H groups in total. The van der Waals surface area contributed by atoms with Crippen molar-refractivity contribution in [2.45, 2.75) is 19.9 Å². The van der Waals surface area contributed by atoms with Gasteiger partial charge in [0, 0.05) is 36.7 Å². The van der Waals surface area contributed by atoms with Crippen molar-refractivity contribution in [2.75, 3.05) is 18.4 Å². The molecular formula is C24H25N5O. The molecular weight excluding hydrogens is 374 g/mol. The number of para-hydroxylation sites is 1. The predicted octanol–water partition coefficient (Wildman–Crippen LogP) is 4.27. The van der Waals surface area contributed by atoms with Crippen LogP contribution in [-0.4, -0.2) is 38.8 Å². The molecule has 0 fully saturated rings. The summed E-state index contributed by atoms with van der Waals surface area (Å²) in [5.74, 6) is 0.552. The maximum atomic E-state index is 12.8. The Morgan fingerprint density at radius 2 is 1.83 bits per heavy atom. The number of hydrogen-bond donors (Lipinski definition) is 2. The summed E-state index contributed by atoms with van der Waals surface area (Å²) < 4.78 is 0. The van der Waals surface area contributed by atoms with Crippen molar-refractivity contribution in [1.29, 1.82) is 0 Å². The third-order valence-electron chi connectivity index (χ3n) is 5.13.